The summed E-state index contributed by atoms with van der Waals surface area (Å²) in [6.07, 6.45) is 0. The first-order chi connectivity index (χ1) is 70.9. The molecule has 2 aromatic heterocycles. The van der Waals surface area contributed by atoms with E-state index in [-0.39, 0.29) is 0 Å². The van der Waals surface area contributed by atoms with Gasteiger partial charge in [0.2, 0.25) is 0 Å². The van der Waals surface area contributed by atoms with Crippen LogP contribution >= 0.6 is 0 Å². The lowest BCUT2D eigenvalue weighted by molar-refractivity contribution is 0.793. The van der Waals surface area contributed by atoms with Crippen LogP contribution in [0.25, 0.3) is 180 Å². The minimum atomic E-state index is -0.454. The maximum atomic E-state index is 5.58. The molecule has 143 heavy (non-hydrogen) atoms. The van der Waals surface area contributed by atoms with Crippen LogP contribution in [0, 0.1) is 0 Å². The molecule has 0 unspecified atom stereocenters. The minimum absolute atomic E-state index is 0.407. The zero-order chi connectivity index (χ0) is 93.3. The highest BCUT2D eigenvalue weighted by molar-refractivity contribution is 6.04. The Morgan fingerprint density at radius 3 is 0.350 bits per heavy atom. The molecule has 0 N–H and O–H groups in total. The van der Waals surface area contributed by atoms with Gasteiger partial charge in [0.1, 0.15) is 0 Å². The fraction of sp³-hybridized carbons (Fsp3) is 0.0365. The number of aromatic nitrogens is 6. The molecule has 0 atom stereocenters. The lowest BCUT2D eigenvalue weighted by Crippen LogP contribution is -2.25. The Kier molecular flexibility index (Phi) is 15.9. The third kappa shape index (κ3) is 10.0. The van der Waals surface area contributed by atoms with Crippen molar-refractivity contribution in [3.63, 3.8) is 0 Å². The Morgan fingerprint density at radius 1 is 0.0909 bits per heavy atom. The van der Waals surface area contributed by atoms with Gasteiger partial charge in [-0.1, -0.05) is 455 Å². The van der Waals surface area contributed by atoms with E-state index < -0.39 is 27.1 Å². The monoisotopic (exact) mass is 1810 g/mol. The van der Waals surface area contributed by atoms with E-state index in [2.05, 4.69) is 467 Å². The molecule has 23 aromatic rings. The topological polar surface area (TPSA) is 77.3 Å². The number of hydrogen-bond donors (Lipinski definition) is 0. The van der Waals surface area contributed by atoms with Gasteiger partial charge in [0.05, 0.1) is 27.1 Å². The van der Waals surface area contributed by atoms with E-state index in [4.69, 9.17) is 29.9 Å². The zero-order valence-corrected chi connectivity index (χ0v) is 77.4. The predicted molar refractivity (Wildman–Crippen MR) is 574 cm³/mol. The highest BCUT2D eigenvalue weighted by Crippen LogP contribution is 2.70. The Morgan fingerprint density at radius 2 is 0.203 bits per heavy atom. The summed E-state index contributed by atoms with van der Waals surface area (Å²) in [6.45, 7) is 0. The molecule has 5 spiro atoms. The van der Waals surface area contributed by atoms with Gasteiger partial charge in [-0.2, -0.15) is 0 Å². The van der Waals surface area contributed by atoms with Crippen molar-refractivity contribution in [2.75, 3.05) is 0 Å². The zero-order valence-electron chi connectivity index (χ0n) is 77.4. The summed E-state index contributed by atoms with van der Waals surface area (Å²) in [4.78, 5) is 32.6. The minimum Gasteiger partial charge on any atom is -0.208 e. The second-order valence-electron chi connectivity index (χ2n) is 39.7. The molecular weight excluding hydrogens is 1730 g/mol. The molecule has 10 aliphatic rings. The molecule has 6 nitrogen and oxygen atoms in total. The van der Waals surface area contributed by atoms with Crippen LogP contribution in [-0.2, 0) is 27.1 Å². The standard InChI is InChI=1S/C78H45N3.C59H35N3/c1-10-28-61-49(19-1)50-20-2-11-29-62(50)76(61)67-34-16-7-25-55(67)58-43-46(37-40-70(58)76)73-79-74(47-38-41-71-59(44-47)56-26-8-17-35-68(56)77(71)63-30-12-3-21-51(63)52-22-4-13-31-64(52)77)81-75(80-73)48-39-42-72-60(45-48)57-27-9-18-36-69(57)78(72)65-32-14-5-23-53(65)54-24-6-15-33-66(54)78;1-2-16-36(17-3-1)55-60-56(37-30-32-53-45(34-37)43-22-8-14-28-51(43)58(53)47-24-10-4-18-39(47)40-19-5-11-25-48(40)58)62-57(61-55)38-31-33-54-46(35-38)44-23-9-15-29-52(44)59(54)49-26-12-6-20-41(49)42-21-7-13-27-50(42)59/h1-45H;1-35H. The van der Waals surface area contributed by atoms with Crippen LogP contribution in [0.1, 0.15) is 111 Å². The summed E-state index contributed by atoms with van der Waals surface area (Å²) >= 11 is 0. The summed E-state index contributed by atoms with van der Waals surface area (Å²) in [7, 11) is 0. The fourth-order valence-electron chi connectivity index (χ4n) is 28.3. The second kappa shape index (κ2) is 28.9. The highest BCUT2D eigenvalue weighted by atomic mass is 15.0. The van der Waals surface area contributed by atoms with Crippen LogP contribution in [0.3, 0.4) is 0 Å². The quantitative estimate of drug-likeness (QED) is 0.165. The molecule has 2 heterocycles. The molecule has 0 saturated carbocycles. The van der Waals surface area contributed by atoms with Gasteiger partial charge in [-0.3, -0.25) is 0 Å². The molecule has 0 bridgehead atoms. The van der Waals surface area contributed by atoms with E-state index >= 15 is 0 Å². The molecule has 10 aliphatic carbocycles. The SMILES string of the molecule is c1ccc(-c2nc(-c3ccc4c(c3)-c3ccccc3C43c4ccccc4-c4ccccc43)nc(-c3ccc4c(c3)-c3ccccc3C43c4ccccc4-c4ccccc43)n2)cc1.c1ccc2c(c1)-c1ccccc1C21c2ccccc2-c2cc(-c3nc(-c4ccc5c(c4)-c4ccccc4C54c5ccccc5-c5ccccc54)nc(-c4ccc5c(c4)-c4ccccc4C54c5ccccc5-c5ccccc54)n3)ccc21. The molecule has 0 radical (unpaired) electrons. The fourth-order valence-corrected chi connectivity index (χ4v) is 28.3. The normalized spacial score (nSPS) is 14.7. The maximum absolute atomic E-state index is 5.58. The highest BCUT2D eigenvalue weighted by Gasteiger charge is 2.58. The van der Waals surface area contributed by atoms with E-state index in [1.165, 1.54) is 223 Å². The van der Waals surface area contributed by atoms with Crippen molar-refractivity contribution in [2.24, 2.45) is 0 Å². The Labute approximate surface area is 827 Å². The second-order valence-corrected chi connectivity index (χ2v) is 39.7. The lowest BCUT2D eigenvalue weighted by Gasteiger charge is -2.30. The van der Waals surface area contributed by atoms with E-state index in [0.717, 1.165) is 33.4 Å². The lowest BCUT2D eigenvalue weighted by atomic mass is 9.70. The molecule has 0 saturated heterocycles. The van der Waals surface area contributed by atoms with Gasteiger partial charge in [0.15, 0.2) is 34.9 Å². The van der Waals surface area contributed by atoms with E-state index in [9.17, 15) is 0 Å². The van der Waals surface area contributed by atoms with Crippen LogP contribution in [0.4, 0.5) is 0 Å². The van der Waals surface area contributed by atoms with Crippen molar-refractivity contribution in [3.05, 3.63) is 597 Å². The summed E-state index contributed by atoms with van der Waals surface area (Å²) in [5, 5.41) is 0. The number of fused-ring (bicyclic) bond motifs is 50. The third-order valence-electron chi connectivity index (χ3n) is 33.6. The van der Waals surface area contributed by atoms with Crippen LogP contribution < -0.4 is 0 Å². The average molecular weight is 1810 g/mol. The molecule has 0 fully saturated rings. The summed E-state index contributed by atoms with van der Waals surface area (Å²) < 4.78 is 0. The first kappa shape index (κ1) is 78.7. The predicted octanol–water partition coefficient (Wildman–Crippen LogP) is 31.5. The summed E-state index contributed by atoms with van der Waals surface area (Å²) in [5.41, 5.74) is 54.9. The van der Waals surface area contributed by atoms with E-state index in [1.807, 2.05) is 18.2 Å². The Bertz CT molecular complexity index is 8660. The molecule has 658 valence electrons. The first-order valence-electron chi connectivity index (χ1n) is 49.7. The van der Waals surface area contributed by atoms with Gasteiger partial charge in [0, 0.05) is 33.4 Å². The number of rotatable bonds is 6. The van der Waals surface area contributed by atoms with Crippen molar-refractivity contribution >= 4 is 0 Å². The van der Waals surface area contributed by atoms with Crippen molar-refractivity contribution < 1.29 is 0 Å². The van der Waals surface area contributed by atoms with Crippen molar-refractivity contribution in [2.45, 2.75) is 27.1 Å². The van der Waals surface area contributed by atoms with Crippen LogP contribution in [0.15, 0.2) is 485 Å². The molecular formula is C137H80N6. The van der Waals surface area contributed by atoms with Crippen LogP contribution in [0.2, 0.25) is 0 Å². The number of nitrogens with zero attached hydrogens (tertiary/aromatic N) is 6. The maximum Gasteiger partial charge on any atom is 0.164 e. The molecule has 0 amide bonds. The van der Waals surface area contributed by atoms with Crippen LogP contribution in [0.5, 0.6) is 0 Å². The molecule has 6 heteroatoms. The summed E-state index contributed by atoms with van der Waals surface area (Å²) in [5.74, 6) is 3.86. The largest absolute Gasteiger partial charge is 0.208 e. The first-order valence-corrected chi connectivity index (χ1v) is 49.7. The number of hydrogen-bond acceptors (Lipinski definition) is 6. The van der Waals surface area contributed by atoms with Crippen molar-refractivity contribution in [3.8, 4) is 180 Å². The van der Waals surface area contributed by atoms with E-state index in [0.29, 0.717) is 34.9 Å². The Balaban J connectivity index is 0.000000133. The van der Waals surface area contributed by atoms with Gasteiger partial charge < -0.3 is 0 Å². The van der Waals surface area contributed by atoms with Crippen molar-refractivity contribution in [1.82, 2.24) is 29.9 Å². The molecule has 21 aromatic carbocycles. The van der Waals surface area contributed by atoms with Crippen molar-refractivity contribution in [1.29, 1.82) is 0 Å². The van der Waals surface area contributed by atoms with Gasteiger partial charge in [-0.05, 0) is 253 Å². The van der Waals surface area contributed by atoms with Crippen LogP contribution in [-0.4, -0.2) is 29.9 Å². The van der Waals surface area contributed by atoms with E-state index in [1.54, 1.807) is 0 Å². The van der Waals surface area contributed by atoms with Gasteiger partial charge in [-0.25, -0.2) is 29.9 Å². The summed E-state index contributed by atoms with van der Waals surface area (Å²) in [6, 6.07) is 180. The Hall–Kier alpha value is -18.4. The molecule has 0 aliphatic heterocycles. The van der Waals surface area contributed by atoms with Gasteiger partial charge in [0.25, 0.3) is 0 Å². The van der Waals surface area contributed by atoms with Gasteiger partial charge >= 0.3 is 0 Å². The smallest absolute Gasteiger partial charge is 0.164 e. The van der Waals surface area contributed by atoms with Gasteiger partial charge in [-0.15, -0.1) is 0 Å². The number of benzene rings is 21. The third-order valence-corrected chi connectivity index (χ3v) is 33.6. The average Bonchev–Trinajstić information content (AvgIpc) is 1.53. The molecule has 33 rings (SSSR count).